The molecule has 0 fully saturated rings. The lowest BCUT2D eigenvalue weighted by Crippen LogP contribution is -2.49. The van der Waals surface area contributed by atoms with Gasteiger partial charge in [-0.05, 0) is 93.5 Å². The van der Waals surface area contributed by atoms with E-state index in [0.29, 0.717) is 28.5 Å². The number of imide groups is 1. The van der Waals surface area contributed by atoms with E-state index in [1.165, 1.54) is 12.1 Å². The van der Waals surface area contributed by atoms with Crippen molar-refractivity contribution < 1.29 is 14.4 Å². The van der Waals surface area contributed by atoms with Gasteiger partial charge in [0.15, 0.2) is 0 Å². The maximum atomic E-state index is 13.7. The topological polar surface area (TPSA) is 57.7 Å². The van der Waals surface area contributed by atoms with E-state index >= 15 is 0 Å². The highest BCUT2D eigenvalue weighted by molar-refractivity contribution is 9.15. The number of nitrogens with zero attached hydrogens (tertiary/aromatic N) is 2. The van der Waals surface area contributed by atoms with Crippen molar-refractivity contribution in [3.8, 4) is 0 Å². The van der Waals surface area contributed by atoms with E-state index < -0.39 is 17.7 Å². The maximum Gasteiger partial charge on any atom is 0.282 e. The minimum absolute atomic E-state index is 0.103. The third-order valence-electron chi connectivity index (χ3n) is 4.99. The molecule has 3 aromatic carbocycles. The minimum atomic E-state index is -0.689. The second kappa shape index (κ2) is 10.2. The van der Waals surface area contributed by atoms with E-state index in [1.807, 2.05) is 0 Å². The lowest BCUT2D eigenvalue weighted by Gasteiger charge is -2.30. The fourth-order valence-electron chi connectivity index (χ4n) is 3.37. The van der Waals surface area contributed by atoms with E-state index in [0.717, 1.165) is 10.0 Å². The van der Waals surface area contributed by atoms with Gasteiger partial charge in [0, 0.05) is 27.9 Å². The molecule has 0 saturated heterocycles. The summed E-state index contributed by atoms with van der Waals surface area (Å²) in [6, 6.07) is 11.1. The number of amides is 3. The molecule has 0 N–H and O–H groups in total. The summed E-state index contributed by atoms with van der Waals surface area (Å²) in [5.74, 6) is -2.03. The number of hydrogen-bond donors (Lipinski definition) is 0. The Labute approximate surface area is 242 Å². The molecule has 0 aromatic heterocycles. The van der Waals surface area contributed by atoms with Gasteiger partial charge in [-0.1, -0.05) is 53.0 Å². The molecule has 3 amide bonds. The quantitative estimate of drug-likeness (QED) is 0.152. The summed E-state index contributed by atoms with van der Waals surface area (Å²) in [5, 5.41) is 2.68. The zero-order chi connectivity index (χ0) is 24.9. The average Bonchev–Trinajstić information content (AvgIpc) is 3.06. The third kappa shape index (κ3) is 4.49. The average molecular weight is 775 g/mol. The van der Waals surface area contributed by atoms with Gasteiger partial charge in [0.2, 0.25) is 0 Å². The van der Waals surface area contributed by atoms with Crippen LogP contribution in [-0.4, -0.2) is 27.7 Å². The van der Waals surface area contributed by atoms with Crippen molar-refractivity contribution in [2.45, 2.75) is 6.54 Å². The van der Waals surface area contributed by atoms with Crippen molar-refractivity contribution in [1.29, 1.82) is 0 Å². The first-order valence-corrected chi connectivity index (χ1v) is 13.6. The molecule has 0 atom stereocenters. The van der Waals surface area contributed by atoms with Crippen LogP contribution in [0.2, 0.25) is 15.1 Å². The van der Waals surface area contributed by atoms with Crippen LogP contribution in [0.4, 0.5) is 0 Å². The van der Waals surface area contributed by atoms with Gasteiger partial charge in [0.05, 0.1) is 28.3 Å². The Morgan fingerprint density at radius 3 is 1.88 bits per heavy atom. The van der Waals surface area contributed by atoms with Crippen LogP contribution in [0.5, 0.6) is 0 Å². The van der Waals surface area contributed by atoms with Crippen LogP contribution in [0.1, 0.15) is 36.6 Å². The van der Waals surface area contributed by atoms with Gasteiger partial charge in [-0.3, -0.25) is 14.4 Å². The molecule has 1 heterocycles. The van der Waals surface area contributed by atoms with Gasteiger partial charge in [0.1, 0.15) is 0 Å². The Kier molecular flexibility index (Phi) is 7.84. The molecule has 1 aliphatic rings. The Hall–Kier alpha value is -0.940. The van der Waals surface area contributed by atoms with Gasteiger partial charge >= 0.3 is 0 Å². The normalized spacial score (nSPS) is 12.9. The molecule has 12 heteroatoms. The fraction of sp³-hybridized carbons (Fsp3) is 0.0455. The van der Waals surface area contributed by atoms with E-state index in [-0.39, 0.29) is 33.3 Å². The predicted molar refractivity (Wildman–Crippen MR) is 146 cm³/mol. The van der Waals surface area contributed by atoms with Crippen molar-refractivity contribution in [1.82, 2.24) is 10.0 Å². The molecule has 1 aliphatic heterocycles. The van der Waals surface area contributed by atoms with Crippen LogP contribution in [0.3, 0.4) is 0 Å². The molecule has 0 unspecified atom stereocenters. The van der Waals surface area contributed by atoms with Crippen LogP contribution in [0, 0.1) is 0 Å². The van der Waals surface area contributed by atoms with E-state index in [9.17, 15) is 14.4 Å². The van der Waals surface area contributed by atoms with E-state index in [4.69, 9.17) is 34.8 Å². The smallest absolute Gasteiger partial charge is 0.267 e. The monoisotopic (exact) mass is 770 g/mol. The Balaban J connectivity index is 1.88. The van der Waals surface area contributed by atoms with E-state index in [1.54, 1.807) is 30.3 Å². The second-order valence-electron chi connectivity index (χ2n) is 7.01. The van der Waals surface area contributed by atoms with Crippen molar-refractivity contribution in [2.75, 3.05) is 0 Å². The lowest BCUT2D eigenvalue weighted by atomic mass is 10.1. The number of halogens is 7. The molecule has 0 radical (unpaired) electrons. The zero-order valence-electron chi connectivity index (χ0n) is 16.5. The van der Waals surface area contributed by atoms with Gasteiger partial charge in [-0.15, -0.1) is 0 Å². The minimum Gasteiger partial charge on any atom is -0.267 e. The molecule has 5 nitrogen and oxygen atoms in total. The summed E-state index contributed by atoms with van der Waals surface area (Å²) in [4.78, 5) is 40.8. The summed E-state index contributed by atoms with van der Waals surface area (Å²) >= 11 is 32.2. The number of hydrogen-bond acceptors (Lipinski definition) is 3. The highest BCUT2D eigenvalue weighted by Gasteiger charge is 2.46. The first-order chi connectivity index (χ1) is 16.0. The maximum absolute atomic E-state index is 13.7. The number of benzene rings is 3. The SMILES string of the molecule is O=C(c1ccccc1Cl)N(Cc1ccc(Cl)cc1Cl)N1C(=O)c2c(Br)c(Br)c(Br)c(Br)c2C1=O. The number of hydrazine groups is 1. The molecule has 0 saturated carbocycles. The van der Waals surface area contributed by atoms with Crippen molar-refractivity contribution in [3.63, 3.8) is 0 Å². The summed E-state index contributed by atoms with van der Waals surface area (Å²) in [6.07, 6.45) is 0. The van der Waals surface area contributed by atoms with Crippen LogP contribution >= 0.6 is 98.5 Å². The standard InChI is InChI=1S/C22H9Br4Cl3N2O3/c23-16-14-15(17(24)19(26)18(16)25)22(34)31(21(14)33)30(8-9-5-6-10(27)7-13(9)29)20(32)11-3-1-2-4-12(11)28/h1-7H,8H2. The third-order valence-corrected chi connectivity index (χ3v) is 10.7. The van der Waals surface area contributed by atoms with Gasteiger partial charge in [0.25, 0.3) is 17.7 Å². The number of rotatable bonds is 4. The van der Waals surface area contributed by atoms with Crippen LogP contribution in [0.25, 0.3) is 0 Å². The summed E-state index contributed by atoms with van der Waals surface area (Å²) < 4.78 is 1.80. The van der Waals surface area contributed by atoms with Gasteiger partial charge < -0.3 is 0 Å². The first-order valence-electron chi connectivity index (χ1n) is 9.29. The van der Waals surface area contributed by atoms with Crippen LogP contribution in [-0.2, 0) is 6.54 Å². The largest absolute Gasteiger partial charge is 0.282 e. The summed E-state index contributed by atoms with van der Waals surface area (Å²) in [5.41, 5.74) is 0.798. The second-order valence-corrected chi connectivity index (χ2v) is 11.4. The molecule has 0 spiro atoms. The molecule has 0 bridgehead atoms. The Morgan fingerprint density at radius 1 is 0.794 bits per heavy atom. The number of carbonyl (C=O) groups excluding carboxylic acids is 3. The lowest BCUT2D eigenvalue weighted by molar-refractivity contribution is 0.000834. The summed E-state index contributed by atoms with van der Waals surface area (Å²) in [6.45, 7) is -0.191. The van der Waals surface area contributed by atoms with Crippen molar-refractivity contribution in [3.05, 3.63) is 97.7 Å². The molecular formula is C22H9Br4Cl3N2O3. The molecule has 3 aromatic rings. The first kappa shape index (κ1) is 26.1. The molecular weight excluding hydrogens is 766 g/mol. The summed E-state index contributed by atoms with van der Waals surface area (Å²) in [7, 11) is 0. The van der Waals surface area contributed by atoms with Crippen LogP contribution < -0.4 is 0 Å². The highest BCUT2D eigenvalue weighted by Crippen LogP contribution is 2.46. The number of fused-ring (bicyclic) bond motifs is 1. The molecule has 174 valence electrons. The molecule has 0 aliphatic carbocycles. The Bertz CT molecular complexity index is 1350. The van der Waals surface area contributed by atoms with Gasteiger partial charge in [-0.25, -0.2) is 5.01 Å². The zero-order valence-corrected chi connectivity index (χ0v) is 25.1. The highest BCUT2D eigenvalue weighted by atomic mass is 79.9. The van der Waals surface area contributed by atoms with Crippen LogP contribution in [0.15, 0.2) is 60.4 Å². The molecule has 34 heavy (non-hydrogen) atoms. The Morgan fingerprint density at radius 2 is 1.35 bits per heavy atom. The fourth-order valence-corrected chi connectivity index (χ4v) is 6.52. The van der Waals surface area contributed by atoms with Crippen molar-refractivity contribution >= 4 is 116 Å². The van der Waals surface area contributed by atoms with Crippen molar-refractivity contribution in [2.24, 2.45) is 0 Å². The van der Waals surface area contributed by atoms with Gasteiger partial charge in [-0.2, -0.15) is 5.01 Å². The van der Waals surface area contributed by atoms with E-state index in [2.05, 4.69) is 63.7 Å². The molecule has 4 rings (SSSR count). The predicted octanol–water partition coefficient (Wildman–Crippen LogP) is 8.55. The number of carbonyl (C=O) groups is 3.